The molecule has 0 bridgehead atoms. The molecule has 5 heavy (non-hydrogen) atoms. The van der Waals surface area contributed by atoms with Crippen molar-refractivity contribution in [3.05, 3.63) is 22.9 Å². The zero-order valence-electron chi connectivity index (χ0n) is 2.56. The topological polar surface area (TPSA) is 0 Å². The van der Waals surface area contributed by atoms with E-state index in [-0.39, 0.29) is 0 Å². The lowest BCUT2D eigenvalue weighted by molar-refractivity contribution is 2.07. The van der Waals surface area contributed by atoms with E-state index in [9.17, 15) is 0 Å². The molecule has 1 rings (SSSR count). The molecule has 0 aliphatic rings. The van der Waals surface area contributed by atoms with Gasteiger partial charge in [-0.1, -0.05) is 17.4 Å². The predicted octanol–water partition coefficient (Wildman–Crippen LogP) is 1.35. The molecule has 0 atom stereocenters. The maximum atomic E-state index is 2.78. The molecule has 0 fully saturated rings. The van der Waals surface area contributed by atoms with E-state index in [1.165, 1.54) is 11.3 Å². The van der Waals surface area contributed by atoms with Gasteiger partial charge < -0.3 is 0 Å². The van der Waals surface area contributed by atoms with E-state index in [0.717, 1.165) is 0 Å². The van der Waals surface area contributed by atoms with Crippen LogP contribution in [0.25, 0.3) is 0 Å². The lowest BCUT2D eigenvalue weighted by Crippen LogP contribution is -1.13. The zero-order chi connectivity index (χ0) is 3.54. The summed E-state index contributed by atoms with van der Waals surface area (Å²) in [5.41, 5.74) is 0. The Bertz CT molecular complexity index is 60.1. The van der Waals surface area contributed by atoms with Crippen molar-refractivity contribution in [1.82, 2.24) is 0 Å². The SMILES string of the molecule is c1ccsc#1. The predicted molar refractivity (Wildman–Crippen MR) is 22.0 cm³/mol. The van der Waals surface area contributed by atoms with Crippen LogP contribution in [0.15, 0.2) is 11.4 Å². The molecule has 1 aromatic rings. The van der Waals surface area contributed by atoms with Gasteiger partial charge in [0.05, 0.1) is 0 Å². The van der Waals surface area contributed by atoms with Crippen LogP contribution in [0.5, 0.6) is 0 Å². The normalized spacial score (nSPS) is 6.40. The van der Waals surface area contributed by atoms with Gasteiger partial charge in [-0.25, -0.2) is 0 Å². The Kier molecular flexibility index (Phi) is 0.600. The van der Waals surface area contributed by atoms with Crippen LogP contribution >= 0.6 is 11.3 Å². The summed E-state index contributed by atoms with van der Waals surface area (Å²) in [7, 11) is 0. The van der Waals surface area contributed by atoms with Gasteiger partial charge in [0.25, 0.3) is 0 Å². The fourth-order valence-corrected chi connectivity index (χ4v) is 0.510. The van der Waals surface area contributed by atoms with Gasteiger partial charge in [-0.3, -0.25) is 0 Å². The molecule has 0 aliphatic carbocycles. The Hall–Kier alpha value is -0.480. The van der Waals surface area contributed by atoms with Crippen molar-refractivity contribution in [3.63, 3.8) is 0 Å². The summed E-state index contributed by atoms with van der Waals surface area (Å²) in [4.78, 5) is 0. The Morgan fingerprint density at radius 3 is 2.80 bits per heavy atom. The molecule has 0 aromatic carbocycles. The highest BCUT2D eigenvalue weighted by molar-refractivity contribution is 7.06. The average Bonchev–Trinajstić information content (AvgIpc) is 1.76. The number of hydrogen-bond acceptors (Lipinski definition) is 1. The fraction of sp³-hybridized carbons (Fsp3) is 0. The van der Waals surface area contributed by atoms with Crippen molar-refractivity contribution < 1.29 is 0 Å². The van der Waals surface area contributed by atoms with Crippen LogP contribution in [0.4, 0.5) is 0 Å². The highest BCUT2D eigenvalue weighted by atomic mass is 32.1. The van der Waals surface area contributed by atoms with E-state index in [4.69, 9.17) is 0 Å². The van der Waals surface area contributed by atoms with Crippen molar-refractivity contribution >= 4 is 11.3 Å². The first-order chi connectivity index (χ1) is 2.50. The minimum Gasteiger partial charge on any atom is -0.0918 e. The van der Waals surface area contributed by atoms with Gasteiger partial charge in [0, 0.05) is 5.38 Å². The zero-order valence-corrected chi connectivity index (χ0v) is 3.38. The summed E-state index contributed by atoms with van der Waals surface area (Å²) in [5, 5.41) is 4.71. The van der Waals surface area contributed by atoms with Crippen LogP contribution in [0.1, 0.15) is 0 Å². The number of hydrogen-bond donors (Lipinski definition) is 0. The second-order valence-electron chi connectivity index (χ2n) is 0.667. The first-order valence-corrected chi connectivity index (χ1v) is 2.19. The van der Waals surface area contributed by atoms with E-state index in [1.54, 1.807) is 0 Å². The molecule has 0 nitrogen and oxygen atoms in total. The quantitative estimate of drug-likeness (QED) is 0.443. The van der Waals surface area contributed by atoms with Crippen LogP contribution < -0.4 is 0 Å². The Labute approximate surface area is 35.1 Å². The van der Waals surface area contributed by atoms with Crippen LogP contribution in [0.3, 0.4) is 0 Å². The van der Waals surface area contributed by atoms with Crippen molar-refractivity contribution in [1.29, 1.82) is 0 Å². The summed E-state index contributed by atoms with van der Waals surface area (Å²) in [6.45, 7) is 0. The minimum absolute atomic E-state index is 1.53. The highest BCUT2D eigenvalue weighted by Gasteiger charge is 1.52. The molecule has 0 amide bonds. The van der Waals surface area contributed by atoms with Gasteiger partial charge >= 0.3 is 0 Å². The van der Waals surface area contributed by atoms with Crippen LogP contribution in [0, 0.1) is 11.4 Å². The van der Waals surface area contributed by atoms with Gasteiger partial charge in [-0.05, 0) is 11.4 Å². The molecule has 0 N–H and O–H groups in total. The van der Waals surface area contributed by atoms with Crippen LogP contribution in [-0.2, 0) is 0 Å². The van der Waals surface area contributed by atoms with Gasteiger partial charge in [0.1, 0.15) is 0 Å². The lowest BCUT2D eigenvalue weighted by atomic mass is 10.8. The number of rotatable bonds is 0. The van der Waals surface area contributed by atoms with Crippen LogP contribution in [-0.4, -0.2) is 0 Å². The summed E-state index contributed by atoms with van der Waals surface area (Å²) in [6, 6.07) is 4.59. The van der Waals surface area contributed by atoms with Gasteiger partial charge in [0.2, 0.25) is 0 Å². The van der Waals surface area contributed by atoms with Crippen molar-refractivity contribution in [2.24, 2.45) is 0 Å². The molecule has 1 heteroatoms. The molecule has 1 aromatic heterocycles. The second kappa shape index (κ2) is 1.09. The second-order valence-corrected chi connectivity index (χ2v) is 1.38. The smallest absolute Gasteiger partial charge is 0.00810 e. The largest absolute Gasteiger partial charge is 0.0918 e. The molecule has 0 spiro atoms. The molecule has 0 aliphatic heterocycles. The van der Waals surface area contributed by atoms with Gasteiger partial charge in [0.15, 0.2) is 0 Å². The molecule has 24 valence electrons. The molecule has 0 saturated heterocycles. The third-order valence-electron chi connectivity index (χ3n) is 0.337. The molecule has 1 heterocycles. The summed E-state index contributed by atoms with van der Waals surface area (Å²) in [6.07, 6.45) is 0. The molecule has 0 radical (unpaired) electrons. The van der Waals surface area contributed by atoms with E-state index < -0.39 is 0 Å². The molecule has 0 saturated carbocycles. The Morgan fingerprint density at radius 1 is 1.60 bits per heavy atom. The summed E-state index contributed by atoms with van der Waals surface area (Å²) < 4.78 is 0. The first-order valence-electron chi connectivity index (χ1n) is 1.31. The lowest BCUT2D eigenvalue weighted by Gasteiger charge is -1.37. The van der Waals surface area contributed by atoms with Crippen molar-refractivity contribution in [3.8, 4) is 0 Å². The van der Waals surface area contributed by atoms with Gasteiger partial charge in [-0.15, -0.1) is 0 Å². The van der Waals surface area contributed by atoms with Crippen molar-refractivity contribution in [2.75, 3.05) is 0 Å². The molecular formula is C4H2S. The standard InChI is InChI=1S/C4H2S/c1-2-4-5-3-1/h1,3H. The van der Waals surface area contributed by atoms with Crippen LogP contribution in [0.2, 0.25) is 0 Å². The monoisotopic (exact) mass is 82.0 g/mol. The Balaban J connectivity index is 3.13. The average molecular weight is 82.1 g/mol. The fourth-order valence-electron chi connectivity index (χ4n) is 0.170. The van der Waals surface area contributed by atoms with E-state index in [2.05, 4.69) is 11.4 Å². The van der Waals surface area contributed by atoms with E-state index >= 15 is 0 Å². The third-order valence-corrected chi connectivity index (χ3v) is 0.845. The van der Waals surface area contributed by atoms with Crippen molar-refractivity contribution in [2.45, 2.75) is 0 Å². The first kappa shape index (κ1) is 2.74. The third kappa shape index (κ3) is 0.398. The minimum atomic E-state index is 1.53. The van der Waals surface area contributed by atoms with E-state index in [0.29, 0.717) is 0 Å². The summed E-state index contributed by atoms with van der Waals surface area (Å²) >= 11 is 1.53. The maximum Gasteiger partial charge on any atom is 0.00810 e. The molecular weight excluding hydrogens is 80.1 g/mol. The maximum absolute atomic E-state index is 2.78. The van der Waals surface area contributed by atoms with E-state index in [1.807, 2.05) is 11.4 Å². The highest BCUT2D eigenvalue weighted by Crippen LogP contribution is 1.82. The summed E-state index contributed by atoms with van der Waals surface area (Å²) in [5.74, 6) is 0. The Morgan fingerprint density at radius 2 is 2.60 bits per heavy atom. The van der Waals surface area contributed by atoms with Gasteiger partial charge in [-0.2, -0.15) is 0 Å². The molecule has 0 unspecified atom stereocenters.